The topological polar surface area (TPSA) is 69.4 Å². The number of esters is 1. The highest BCUT2D eigenvalue weighted by atomic mass is 16.5. The van der Waals surface area contributed by atoms with Gasteiger partial charge in [0.2, 0.25) is 5.91 Å². The zero-order chi connectivity index (χ0) is 6.85. The fourth-order valence-corrected chi connectivity index (χ4v) is 0.754. The third-order valence-corrected chi connectivity index (χ3v) is 1.28. The monoisotopic (exact) mass is 129 g/mol. The third-order valence-electron chi connectivity index (χ3n) is 1.28. The molecule has 0 aliphatic carbocycles. The van der Waals surface area contributed by atoms with Crippen LogP contribution in [0.3, 0.4) is 0 Å². The molecule has 1 fully saturated rings. The first-order valence-corrected chi connectivity index (χ1v) is 2.68. The minimum atomic E-state index is -0.690. The first-order valence-electron chi connectivity index (χ1n) is 2.68. The Labute approximate surface area is 52.0 Å². The van der Waals surface area contributed by atoms with Crippen molar-refractivity contribution in [1.29, 1.82) is 0 Å². The van der Waals surface area contributed by atoms with E-state index in [1.807, 2.05) is 0 Å². The Hall–Kier alpha value is -1.06. The van der Waals surface area contributed by atoms with Crippen molar-refractivity contribution in [2.45, 2.75) is 6.42 Å². The van der Waals surface area contributed by atoms with Crippen LogP contribution in [0.5, 0.6) is 0 Å². The van der Waals surface area contributed by atoms with Crippen molar-refractivity contribution in [3.05, 3.63) is 0 Å². The minimum absolute atomic E-state index is 0.326. The van der Waals surface area contributed by atoms with Crippen LogP contribution in [-0.4, -0.2) is 18.5 Å². The number of hydrogen-bond acceptors (Lipinski definition) is 3. The molecule has 0 aromatic carbocycles. The summed E-state index contributed by atoms with van der Waals surface area (Å²) in [6.07, 6.45) is 0.439. The van der Waals surface area contributed by atoms with Gasteiger partial charge in [-0.05, 0) is 0 Å². The lowest BCUT2D eigenvalue weighted by atomic mass is 10.1. The summed E-state index contributed by atoms with van der Waals surface area (Å²) in [5, 5.41) is 0. The smallest absolute Gasteiger partial charge is 0.318 e. The molecular formula is C5H7NO3. The Morgan fingerprint density at radius 2 is 2.44 bits per heavy atom. The largest absolute Gasteiger partial charge is 0.465 e. The zero-order valence-corrected chi connectivity index (χ0v) is 4.79. The van der Waals surface area contributed by atoms with E-state index in [9.17, 15) is 9.59 Å². The van der Waals surface area contributed by atoms with Crippen LogP contribution in [0.4, 0.5) is 0 Å². The average molecular weight is 129 g/mol. The Kier molecular flexibility index (Phi) is 1.38. The summed E-state index contributed by atoms with van der Waals surface area (Å²) in [4.78, 5) is 20.8. The van der Waals surface area contributed by atoms with E-state index >= 15 is 0 Å². The van der Waals surface area contributed by atoms with E-state index in [1.165, 1.54) is 0 Å². The normalized spacial score (nSPS) is 25.8. The summed E-state index contributed by atoms with van der Waals surface area (Å²) in [5.41, 5.74) is 4.85. The van der Waals surface area contributed by atoms with E-state index in [1.54, 1.807) is 0 Å². The highest BCUT2D eigenvalue weighted by molar-refractivity contribution is 5.97. The molecule has 9 heavy (non-hydrogen) atoms. The number of rotatable bonds is 1. The van der Waals surface area contributed by atoms with Gasteiger partial charge in [-0.2, -0.15) is 0 Å². The van der Waals surface area contributed by atoms with Gasteiger partial charge in [-0.25, -0.2) is 0 Å². The van der Waals surface area contributed by atoms with Gasteiger partial charge in [-0.15, -0.1) is 0 Å². The molecule has 1 heterocycles. The van der Waals surface area contributed by atoms with Crippen molar-refractivity contribution in [3.8, 4) is 0 Å². The molecule has 4 heteroatoms. The molecule has 1 unspecified atom stereocenters. The number of carbonyl (C=O) groups is 2. The molecule has 1 saturated heterocycles. The molecule has 1 amide bonds. The van der Waals surface area contributed by atoms with E-state index in [2.05, 4.69) is 4.74 Å². The van der Waals surface area contributed by atoms with Crippen molar-refractivity contribution >= 4 is 11.9 Å². The van der Waals surface area contributed by atoms with Gasteiger partial charge >= 0.3 is 5.97 Å². The maximum Gasteiger partial charge on any atom is 0.318 e. The first-order chi connectivity index (χ1) is 4.22. The lowest BCUT2D eigenvalue weighted by molar-refractivity contribution is -0.144. The van der Waals surface area contributed by atoms with Crippen molar-refractivity contribution in [3.63, 3.8) is 0 Å². The fraction of sp³-hybridized carbons (Fsp3) is 0.600. The molecule has 0 spiro atoms. The fourth-order valence-electron chi connectivity index (χ4n) is 0.754. The molecule has 1 rings (SSSR count). The van der Waals surface area contributed by atoms with Gasteiger partial charge in [0.25, 0.3) is 0 Å². The Balaban J connectivity index is 2.60. The van der Waals surface area contributed by atoms with Crippen molar-refractivity contribution in [1.82, 2.24) is 0 Å². The minimum Gasteiger partial charge on any atom is -0.465 e. The molecule has 2 N–H and O–H groups in total. The van der Waals surface area contributed by atoms with Crippen molar-refractivity contribution in [2.24, 2.45) is 11.7 Å². The second kappa shape index (κ2) is 2.05. The molecule has 0 aromatic heterocycles. The highest BCUT2D eigenvalue weighted by Crippen LogP contribution is 2.12. The predicted octanol–water partition coefficient (Wildman–Crippen LogP) is -0.965. The molecule has 1 aliphatic rings. The molecule has 50 valence electrons. The van der Waals surface area contributed by atoms with Gasteiger partial charge in [0.05, 0.1) is 6.61 Å². The zero-order valence-electron chi connectivity index (χ0n) is 4.79. The van der Waals surface area contributed by atoms with E-state index in [-0.39, 0.29) is 0 Å². The van der Waals surface area contributed by atoms with E-state index in [0.29, 0.717) is 13.0 Å². The number of primary amides is 1. The van der Waals surface area contributed by atoms with E-state index in [4.69, 9.17) is 5.73 Å². The molecule has 0 saturated carbocycles. The van der Waals surface area contributed by atoms with Crippen LogP contribution < -0.4 is 5.73 Å². The Bertz CT molecular complexity index is 154. The first kappa shape index (κ1) is 6.07. The Morgan fingerprint density at radius 1 is 1.78 bits per heavy atom. The molecule has 1 aliphatic heterocycles. The van der Waals surface area contributed by atoms with Gasteiger partial charge in [0.15, 0.2) is 0 Å². The number of ether oxygens (including phenoxy) is 1. The average Bonchev–Trinajstić information content (AvgIpc) is 2.13. The summed E-state index contributed by atoms with van der Waals surface area (Å²) in [7, 11) is 0. The molecule has 0 radical (unpaired) electrons. The molecule has 4 nitrogen and oxygen atoms in total. The van der Waals surface area contributed by atoms with Crippen LogP contribution in [-0.2, 0) is 14.3 Å². The van der Waals surface area contributed by atoms with Crippen LogP contribution in [0.15, 0.2) is 0 Å². The maximum absolute atomic E-state index is 10.5. The number of amides is 1. The number of carbonyl (C=O) groups excluding carboxylic acids is 2. The van der Waals surface area contributed by atoms with Crippen LogP contribution in [0.1, 0.15) is 6.42 Å². The van der Waals surface area contributed by atoms with E-state index in [0.717, 1.165) is 0 Å². The number of nitrogens with two attached hydrogens (primary N) is 1. The molecule has 0 bridgehead atoms. The second-order valence-electron chi connectivity index (χ2n) is 1.91. The van der Waals surface area contributed by atoms with Crippen LogP contribution in [0.2, 0.25) is 0 Å². The van der Waals surface area contributed by atoms with Gasteiger partial charge in [-0.3, -0.25) is 9.59 Å². The highest BCUT2D eigenvalue weighted by Gasteiger charge is 2.30. The lowest BCUT2D eigenvalue weighted by Gasteiger charge is -1.95. The summed E-state index contributed by atoms with van der Waals surface area (Å²) in [5.74, 6) is -1.76. The maximum atomic E-state index is 10.5. The molecular weight excluding hydrogens is 122 g/mol. The second-order valence-corrected chi connectivity index (χ2v) is 1.91. The van der Waals surface area contributed by atoms with Gasteiger partial charge in [0, 0.05) is 6.42 Å². The van der Waals surface area contributed by atoms with Crippen LogP contribution in [0, 0.1) is 5.92 Å². The van der Waals surface area contributed by atoms with Crippen LogP contribution in [0.25, 0.3) is 0 Å². The summed E-state index contributed by atoms with van der Waals surface area (Å²) >= 11 is 0. The van der Waals surface area contributed by atoms with Gasteiger partial charge in [-0.1, -0.05) is 0 Å². The summed E-state index contributed by atoms with van der Waals surface area (Å²) in [6, 6.07) is 0. The Morgan fingerprint density at radius 3 is 2.67 bits per heavy atom. The third kappa shape index (κ3) is 1.01. The van der Waals surface area contributed by atoms with Gasteiger partial charge in [0.1, 0.15) is 5.92 Å². The van der Waals surface area contributed by atoms with Crippen molar-refractivity contribution < 1.29 is 14.3 Å². The summed E-state index contributed by atoms with van der Waals surface area (Å²) in [6.45, 7) is 0.326. The van der Waals surface area contributed by atoms with Crippen molar-refractivity contribution in [2.75, 3.05) is 6.61 Å². The molecule has 0 aromatic rings. The lowest BCUT2D eigenvalue weighted by Crippen LogP contribution is -2.26. The SMILES string of the molecule is NC(=O)C1CCOC1=O. The quantitative estimate of drug-likeness (QED) is 0.366. The van der Waals surface area contributed by atoms with Gasteiger partial charge < -0.3 is 10.5 Å². The van der Waals surface area contributed by atoms with Crippen LogP contribution >= 0.6 is 0 Å². The van der Waals surface area contributed by atoms with E-state index < -0.39 is 17.8 Å². The predicted molar refractivity (Wildman–Crippen MR) is 28.3 cm³/mol. The standard InChI is InChI=1S/C5H7NO3/c6-4(7)3-1-2-9-5(3)8/h3H,1-2H2,(H2,6,7). The number of cyclic esters (lactones) is 1. The summed E-state index contributed by atoms with van der Waals surface area (Å²) < 4.78 is 4.49. The molecule has 1 atom stereocenters. The number of hydrogen-bond donors (Lipinski definition) is 1.